The van der Waals surface area contributed by atoms with E-state index in [1.54, 1.807) is 0 Å². The highest BCUT2D eigenvalue weighted by Crippen LogP contribution is 2.29. The highest BCUT2D eigenvalue weighted by molar-refractivity contribution is 9.10. The van der Waals surface area contributed by atoms with Gasteiger partial charge in [-0.2, -0.15) is 11.8 Å². The van der Waals surface area contributed by atoms with Crippen LogP contribution in [0.5, 0.6) is 0 Å². The van der Waals surface area contributed by atoms with Crippen molar-refractivity contribution in [3.63, 3.8) is 0 Å². The molecule has 0 atom stereocenters. The first-order valence-electron chi connectivity index (χ1n) is 6.26. The fourth-order valence-corrected chi connectivity index (χ4v) is 3.31. The third kappa shape index (κ3) is 4.44. The van der Waals surface area contributed by atoms with Crippen LogP contribution in [0.1, 0.15) is 32.3 Å². The monoisotopic (exact) mass is 349 g/mol. The fourth-order valence-electron chi connectivity index (χ4n) is 1.95. The quantitative estimate of drug-likeness (QED) is 0.733. The van der Waals surface area contributed by atoms with Crippen LogP contribution in [0.25, 0.3) is 0 Å². The normalized spacial score (nSPS) is 11.8. The van der Waals surface area contributed by atoms with Crippen LogP contribution in [0.15, 0.2) is 22.7 Å². The summed E-state index contributed by atoms with van der Waals surface area (Å²) in [6.07, 6.45) is 4.59. The molecule has 0 aromatic heterocycles. The average molecular weight is 351 g/mol. The number of hydrogen-bond donors (Lipinski definition) is 1. The Kier molecular flexibility index (Phi) is 7.07. The minimum Gasteiger partial charge on any atom is -0.311 e. The van der Waals surface area contributed by atoms with E-state index in [2.05, 4.69) is 53.5 Å². The van der Waals surface area contributed by atoms with Crippen molar-refractivity contribution in [1.29, 1.82) is 0 Å². The second kappa shape index (κ2) is 7.78. The van der Waals surface area contributed by atoms with Crippen molar-refractivity contribution >= 4 is 39.3 Å². The molecule has 0 radical (unpaired) electrons. The molecule has 0 spiro atoms. The Morgan fingerprint density at radius 1 is 1.33 bits per heavy atom. The smallest absolute Gasteiger partial charge is 0.0548 e. The number of halogens is 2. The van der Waals surface area contributed by atoms with Gasteiger partial charge in [-0.15, -0.1) is 0 Å². The number of hydrogen-bond acceptors (Lipinski definition) is 2. The van der Waals surface area contributed by atoms with Gasteiger partial charge in [0.25, 0.3) is 0 Å². The lowest BCUT2D eigenvalue weighted by Gasteiger charge is -2.30. The van der Waals surface area contributed by atoms with E-state index in [9.17, 15) is 0 Å². The fraction of sp³-hybridized carbons (Fsp3) is 0.571. The number of nitrogens with one attached hydrogen (secondary N) is 1. The van der Waals surface area contributed by atoms with Crippen molar-refractivity contribution in [2.45, 2.75) is 38.0 Å². The lowest BCUT2D eigenvalue weighted by Crippen LogP contribution is -2.36. The van der Waals surface area contributed by atoms with Gasteiger partial charge in [0.1, 0.15) is 0 Å². The SMILES string of the molecule is CCC(CC)(CNCc1ccc(Cl)c(Br)c1)SC. The first-order chi connectivity index (χ1) is 8.56. The highest BCUT2D eigenvalue weighted by atomic mass is 79.9. The summed E-state index contributed by atoms with van der Waals surface area (Å²) in [6.45, 7) is 6.46. The number of rotatable bonds is 7. The molecule has 0 saturated carbocycles. The summed E-state index contributed by atoms with van der Waals surface area (Å²) in [7, 11) is 0. The van der Waals surface area contributed by atoms with Gasteiger partial charge in [-0.25, -0.2) is 0 Å². The van der Waals surface area contributed by atoms with Gasteiger partial charge in [0.15, 0.2) is 0 Å². The predicted octanol–water partition coefficient (Wildman–Crippen LogP) is 5.11. The van der Waals surface area contributed by atoms with E-state index in [1.807, 2.05) is 17.8 Å². The Morgan fingerprint density at radius 3 is 2.50 bits per heavy atom. The third-order valence-electron chi connectivity index (χ3n) is 3.48. The Balaban J connectivity index is 2.52. The minimum atomic E-state index is 0.365. The summed E-state index contributed by atoms with van der Waals surface area (Å²) < 4.78 is 1.33. The van der Waals surface area contributed by atoms with Crippen molar-refractivity contribution in [1.82, 2.24) is 5.32 Å². The van der Waals surface area contributed by atoms with Gasteiger partial charge in [-0.05, 0) is 52.7 Å². The molecule has 4 heteroatoms. The van der Waals surface area contributed by atoms with Gasteiger partial charge in [0, 0.05) is 22.3 Å². The van der Waals surface area contributed by atoms with Crippen molar-refractivity contribution in [3.8, 4) is 0 Å². The molecule has 0 saturated heterocycles. The average Bonchev–Trinajstić information content (AvgIpc) is 2.39. The molecule has 0 unspecified atom stereocenters. The number of thioether (sulfide) groups is 1. The van der Waals surface area contributed by atoms with E-state index in [1.165, 1.54) is 18.4 Å². The van der Waals surface area contributed by atoms with Crippen LogP contribution in [-0.4, -0.2) is 17.5 Å². The second-order valence-corrected chi connectivity index (χ2v) is 6.98. The maximum atomic E-state index is 5.98. The lowest BCUT2D eigenvalue weighted by molar-refractivity contribution is 0.495. The van der Waals surface area contributed by atoms with E-state index < -0.39 is 0 Å². The Hall–Kier alpha value is 0.300. The largest absolute Gasteiger partial charge is 0.311 e. The van der Waals surface area contributed by atoms with Crippen LogP contribution in [0.4, 0.5) is 0 Å². The molecule has 102 valence electrons. The maximum Gasteiger partial charge on any atom is 0.0548 e. The molecule has 1 rings (SSSR count). The van der Waals surface area contributed by atoms with Gasteiger partial charge in [0.05, 0.1) is 5.02 Å². The summed E-state index contributed by atoms with van der Waals surface area (Å²) in [5, 5.41) is 4.32. The molecular formula is C14H21BrClNS. The standard InChI is InChI=1S/C14H21BrClNS/c1-4-14(5-2,18-3)10-17-9-11-6-7-13(16)12(15)8-11/h6-8,17H,4-5,9-10H2,1-3H3. The molecule has 18 heavy (non-hydrogen) atoms. The van der Waals surface area contributed by atoms with Crippen LogP contribution in [0.2, 0.25) is 5.02 Å². The van der Waals surface area contributed by atoms with Crippen LogP contribution in [0, 0.1) is 0 Å². The number of benzene rings is 1. The zero-order chi connectivity index (χ0) is 13.6. The summed E-state index contributed by atoms with van der Waals surface area (Å²) in [5.41, 5.74) is 1.26. The Bertz CT molecular complexity index is 372. The van der Waals surface area contributed by atoms with E-state index >= 15 is 0 Å². The van der Waals surface area contributed by atoms with Crippen molar-refractivity contribution < 1.29 is 0 Å². The lowest BCUT2D eigenvalue weighted by atomic mass is 10.0. The van der Waals surface area contributed by atoms with Gasteiger partial charge in [-0.3, -0.25) is 0 Å². The van der Waals surface area contributed by atoms with Crippen molar-refractivity contribution in [2.75, 3.05) is 12.8 Å². The molecule has 0 bridgehead atoms. The summed E-state index contributed by atoms with van der Waals surface area (Å²) in [4.78, 5) is 0. The first kappa shape index (κ1) is 16.4. The van der Waals surface area contributed by atoms with Crippen LogP contribution in [0.3, 0.4) is 0 Å². The van der Waals surface area contributed by atoms with Crippen LogP contribution >= 0.6 is 39.3 Å². The Labute approximate surface area is 128 Å². The van der Waals surface area contributed by atoms with E-state index in [0.29, 0.717) is 4.75 Å². The molecule has 1 aromatic carbocycles. The molecule has 1 N–H and O–H groups in total. The highest BCUT2D eigenvalue weighted by Gasteiger charge is 2.23. The summed E-state index contributed by atoms with van der Waals surface area (Å²) in [6, 6.07) is 6.08. The van der Waals surface area contributed by atoms with Gasteiger partial charge in [-0.1, -0.05) is 31.5 Å². The van der Waals surface area contributed by atoms with E-state index in [0.717, 1.165) is 22.6 Å². The second-order valence-electron chi connectivity index (χ2n) is 4.45. The zero-order valence-electron chi connectivity index (χ0n) is 11.2. The topological polar surface area (TPSA) is 12.0 Å². The first-order valence-corrected chi connectivity index (χ1v) is 8.66. The molecule has 1 nitrogen and oxygen atoms in total. The van der Waals surface area contributed by atoms with E-state index in [-0.39, 0.29) is 0 Å². The molecule has 0 aliphatic heterocycles. The molecular weight excluding hydrogens is 330 g/mol. The minimum absolute atomic E-state index is 0.365. The van der Waals surface area contributed by atoms with Gasteiger partial charge in [0.2, 0.25) is 0 Å². The van der Waals surface area contributed by atoms with Crippen molar-refractivity contribution in [3.05, 3.63) is 33.3 Å². The summed E-state index contributed by atoms with van der Waals surface area (Å²) >= 11 is 11.4. The predicted molar refractivity (Wildman–Crippen MR) is 87.7 cm³/mol. The molecule has 0 amide bonds. The third-order valence-corrected chi connectivity index (χ3v) is 6.28. The molecule has 0 fully saturated rings. The van der Waals surface area contributed by atoms with Crippen LogP contribution in [-0.2, 0) is 6.54 Å². The Morgan fingerprint density at radius 2 is 2.00 bits per heavy atom. The molecule has 0 aliphatic carbocycles. The van der Waals surface area contributed by atoms with Gasteiger partial charge >= 0.3 is 0 Å². The molecule has 0 heterocycles. The van der Waals surface area contributed by atoms with E-state index in [4.69, 9.17) is 11.6 Å². The summed E-state index contributed by atoms with van der Waals surface area (Å²) in [5.74, 6) is 0. The van der Waals surface area contributed by atoms with Crippen LogP contribution < -0.4 is 5.32 Å². The molecule has 1 aromatic rings. The molecule has 0 aliphatic rings. The zero-order valence-corrected chi connectivity index (χ0v) is 14.4. The van der Waals surface area contributed by atoms with Crippen molar-refractivity contribution in [2.24, 2.45) is 0 Å². The van der Waals surface area contributed by atoms with Gasteiger partial charge < -0.3 is 5.32 Å². The maximum absolute atomic E-state index is 5.98.